The van der Waals surface area contributed by atoms with Crippen LogP contribution in [0.4, 0.5) is 0 Å². The Bertz CT molecular complexity index is 481. The maximum absolute atomic E-state index is 10.1. The molecule has 2 fully saturated rings. The van der Waals surface area contributed by atoms with Crippen molar-refractivity contribution < 1.29 is 5.11 Å². The Labute approximate surface area is 123 Å². The fourth-order valence-corrected chi connectivity index (χ4v) is 4.05. The van der Waals surface area contributed by atoms with E-state index in [0.29, 0.717) is 34.7 Å². The van der Waals surface area contributed by atoms with Crippen molar-refractivity contribution in [2.24, 2.45) is 5.73 Å². The van der Waals surface area contributed by atoms with E-state index in [-0.39, 0.29) is 5.75 Å². The second kappa shape index (κ2) is 5.13. The Balaban J connectivity index is 1.83. The number of phenolic OH excluding ortho intramolecular Hbond substituents is 1. The maximum atomic E-state index is 10.1. The molecule has 0 saturated carbocycles. The smallest absolute Gasteiger partial charge is 0.138 e. The molecule has 5 heteroatoms. The van der Waals surface area contributed by atoms with E-state index in [2.05, 4.69) is 4.90 Å². The van der Waals surface area contributed by atoms with Gasteiger partial charge in [-0.15, -0.1) is 0 Å². The Morgan fingerprint density at radius 1 is 1.21 bits per heavy atom. The topological polar surface area (TPSA) is 49.5 Å². The van der Waals surface area contributed by atoms with E-state index in [1.165, 1.54) is 12.8 Å². The standard InChI is InChI=1S/C14H18Cl2N2O/c15-9-3-8(14(19)13(16)4-9)7-18-11-1-2-12(18)6-10(17)5-11/h3-4,10-12,19H,1-2,5-7,17H2. The van der Waals surface area contributed by atoms with Crippen LogP contribution in [0, 0.1) is 0 Å². The molecule has 2 saturated heterocycles. The van der Waals surface area contributed by atoms with Gasteiger partial charge in [-0.25, -0.2) is 0 Å². The molecule has 104 valence electrons. The molecule has 2 bridgehead atoms. The van der Waals surface area contributed by atoms with E-state index >= 15 is 0 Å². The highest BCUT2D eigenvalue weighted by molar-refractivity contribution is 6.35. The Hall–Kier alpha value is -0.480. The number of rotatable bonds is 2. The average molecular weight is 301 g/mol. The molecule has 2 heterocycles. The third-order valence-corrected chi connectivity index (χ3v) is 4.89. The van der Waals surface area contributed by atoms with Gasteiger partial charge in [-0.1, -0.05) is 23.2 Å². The number of hydrogen-bond acceptors (Lipinski definition) is 3. The second-order valence-electron chi connectivity index (χ2n) is 5.68. The molecular weight excluding hydrogens is 283 g/mol. The number of hydrogen-bond donors (Lipinski definition) is 2. The number of nitrogens with two attached hydrogens (primary N) is 1. The number of aromatic hydroxyl groups is 1. The van der Waals surface area contributed by atoms with Crippen LogP contribution in [-0.2, 0) is 6.54 Å². The molecule has 0 amide bonds. The molecule has 2 aliphatic heterocycles. The quantitative estimate of drug-likeness (QED) is 0.882. The number of phenols is 1. The van der Waals surface area contributed by atoms with Gasteiger partial charge < -0.3 is 10.8 Å². The van der Waals surface area contributed by atoms with Gasteiger partial charge >= 0.3 is 0 Å². The van der Waals surface area contributed by atoms with Crippen LogP contribution < -0.4 is 5.73 Å². The van der Waals surface area contributed by atoms with Crippen molar-refractivity contribution in [2.45, 2.75) is 50.4 Å². The van der Waals surface area contributed by atoms with Gasteiger partial charge in [0.1, 0.15) is 5.75 Å². The zero-order chi connectivity index (χ0) is 13.6. The summed E-state index contributed by atoms with van der Waals surface area (Å²) in [6.45, 7) is 0.703. The van der Waals surface area contributed by atoms with E-state index in [0.717, 1.165) is 18.4 Å². The highest BCUT2D eigenvalue weighted by Gasteiger charge is 2.39. The van der Waals surface area contributed by atoms with E-state index in [1.54, 1.807) is 12.1 Å². The van der Waals surface area contributed by atoms with Crippen LogP contribution in [0.1, 0.15) is 31.2 Å². The third-order valence-electron chi connectivity index (χ3n) is 4.38. The number of fused-ring (bicyclic) bond motifs is 2. The first kappa shape index (κ1) is 13.5. The van der Waals surface area contributed by atoms with Crippen LogP contribution >= 0.6 is 23.2 Å². The van der Waals surface area contributed by atoms with Gasteiger partial charge in [0.2, 0.25) is 0 Å². The minimum Gasteiger partial charge on any atom is -0.506 e. The van der Waals surface area contributed by atoms with Gasteiger partial charge in [0.25, 0.3) is 0 Å². The summed E-state index contributed by atoms with van der Waals surface area (Å²) in [5, 5.41) is 10.9. The van der Waals surface area contributed by atoms with Crippen LogP contribution in [0.2, 0.25) is 10.0 Å². The average Bonchev–Trinajstić information content (AvgIpc) is 2.58. The first-order valence-corrected chi connectivity index (χ1v) is 7.48. The van der Waals surface area contributed by atoms with Crippen molar-refractivity contribution >= 4 is 23.2 Å². The lowest BCUT2D eigenvalue weighted by molar-refractivity contribution is 0.119. The fourth-order valence-electron chi connectivity index (χ4n) is 3.51. The Morgan fingerprint density at radius 3 is 2.47 bits per heavy atom. The summed E-state index contributed by atoms with van der Waals surface area (Å²) in [6.07, 6.45) is 4.50. The second-order valence-corrected chi connectivity index (χ2v) is 6.53. The number of benzene rings is 1. The molecule has 1 aromatic carbocycles. The summed E-state index contributed by atoms with van der Waals surface area (Å²) >= 11 is 12.0. The molecule has 0 radical (unpaired) electrons. The lowest BCUT2D eigenvalue weighted by Crippen LogP contribution is -2.46. The normalized spacial score (nSPS) is 30.8. The molecule has 3 rings (SSSR count). The van der Waals surface area contributed by atoms with E-state index < -0.39 is 0 Å². The zero-order valence-electron chi connectivity index (χ0n) is 10.6. The molecule has 0 aliphatic carbocycles. The van der Waals surface area contributed by atoms with E-state index in [9.17, 15) is 5.11 Å². The molecule has 2 unspecified atom stereocenters. The van der Waals surface area contributed by atoms with Crippen molar-refractivity contribution in [1.82, 2.24) is 4.90 Å². The van der Waals surface area contributed by atoms with Crippen molar-refractivity contribution in [3.05, 3.63) is 27.7 Å². The summed E-state index contributed by atoms with van der Waals surface area (Å²) in [7, 11) is 0. The molecular formula is C14H18Cl2N2O. The molecule has 2 aliphatic rings. The van der Waals surface area contributed by atoms with Crippen LogP contribution in [0.5, 0.6) is 5.75 Å². The lowest BCUT2D eigenvalue weighted by atomic mass is 9.97. The van der Waals surface area contributed by atoms with Gasteiger partial charge in [-0.3, -0.25) is 4.90 Å². The molecule has 1 aromatic rings. The predicted octanol–water partition coefficient (Wildman–Crippen LogP) is 3.15. The summed E-state index contributed by atoms with van der Waals surface area (Å²) in [6, 6.07) is 4.77. The highest BCUT2D eigenvalue weighted by atomic mass is 35.5. The van der Waals surface area contributed by atoms with Crippen molar-refractivity contribution in [2.75, 3.05) is 0 Å². The van der Waals surface area contributed by atoms with Crippen LogP contribution in [0.25, 0.3) is 0 Å². The largest absolute Gasteiger partial charge is 0.506 e. The van der Waals surface area contributed by atoms with Crippen molar-refractivity contribution in [3.63, 3.8) is 0 Å². The van der Waals surface area contributed by atoms with Crippen LogP contribution in [-0.4, -0.2) is 28.1 Å². The van der Waals surface area contributed by atoms with Crippen molar-refractivity contribution in [3.8, 4) is 5.75 Å². The Kier molecular flexibility index (Phi) is 3.65. The van der Waals surface area contributed by atoms with Gasteiger partial charge in [0, 0.05) is 35.3 Å². The molecule has 3 N–H and O–H groups in total. The minimum atomic E-state index is 0.153. The first-order chi connectivity index (χ1) is 9.04. The van der Waals surface area contributed by atoms with Gasteiger partial charge in [0.05, 0.1) is 5.02 Å². The molecule has 0 aromatic heterocycles. The summed E-state index contributed by atoms with van der Waals surface area (Å²) < 4.78 is 0. The highest BCUT2D eigenvalue weighted by Crippen LogP contribution is 2.39. The molecule has 2 atom stereocenters. The first-order valence-electron chi connectivity index (χ1n) is 6.73. The van der Waals surface area contributed by atoms with Gasteiger partial charge in [-0.05, 0) is 37.8 Å². The van der Waals surface area contributed by atoms with Crippen LogP contribution in [0.15, 0.2) is 12.1 Å². The molecule has 3 nitrogen and oxygen atoms in total. The number of piperidine rings is 1. The monoisotopic (exact) mass is 300 g/mol. The Morgan fingerprint density at radius 2 is 1.84 bits per heavy atom. The summed E-state index contributed by atoms with van der Waals surface area (Å²) in [4.78, 5) is 2.45. The number of halogens is 2. The minimum absolute atomic E-state index is 0.153. The maximum Gasteiger partial charge on any atom is 0.138 e. The fraction of sp³-hybridized carbons (Fsp3) is 0.571. The summed E-state index contributed by atoms with van der Waals surface area (Å²) in [5.74, 6) is 0.153. The lowest BCUT2D eigenvalue weighted by Gasteiger charge is -2.37. The van der Waals surface area contributed by atoms with Gasteiger partial charge in [-0.2, -0.15) is 0 Å². The van der Waals surface area contributed by atoms with Gasteiger partial charge in [0.15, 0.2) is 0 Å². The van der Waals surface area contributed by atoms with Crippen LogP contribution in [0.3, 0.4) is 0 Å². The van der Waals surface area contributed by atoms with Crippen molar-refractivity contribution in [1.29, 1.82) is 0 Å². The SMILES string of the molecule is NC1CC2CCC(C1)N2Cc1cc(Cl)cc(Cl)c1O. The molecule has 19 heavy (non-hydrogen) atoms. The van der Waals surface area contributed by atoms with E-state index in [4.69, 9.17) is 28.9 Å². The zero-order valence-corrected chi connectivity index (χ0v) is 12.2. The third kappa shape index (κ3) is 2.57. The summed E-state index contributed by atoms with van der Waals surface area (Å²) in [5.41, 5.74) is 6.88. The molecule has 0 spiro atoms. The van der Waals surface area contributed by atoms with E-state index in [1.807, 2.05) is 0 Å². The number of nitrogens with zero attached hydrogens (tertiary/aromatic N) is 1. The predicted molar refractivity (Wildman–Crippen MR) is 77.7 cm³/mol.